The van der Waals surface area contributed by atoms with Gasteiger partial charge in [-0.15, -0.1) is 10.2 Å². The van der Waals surface area contributed by atoms with Crippen LogP contribution in [0.25, 0.3) is 0 Å². The fourth-order valence-corrected chi connectivity index (χ4v) is 1.73. The topological polar surface area (TPSA) is 106 Å². The molecule has 0 aliphatic heterocycles. The lowest BCUT2D eigenvalue weighted by atomic mass is 10.2. The van der Waals surface area contributed by atoms with Crippen LogP contribution in [0.2, 0.25) is 0 Å². The van der Waals surface area contributed by atoms with Crippen molar-refractivity contribution in [2.45, 2.75) is 6.92 Å². The lowest BCUT2D eigenvalue weighted by Crippen LogP contribution is -2.30. The van der Waals surface area contributed by atoms with Crippen LogP contribution in [0.15, 0.2) is 16.9 Å². The highest BCUT2D eigenvalue weighted by molar-refractivity contribution is 6.05. The summed E-state index contributed by atoms with van der Waals surface area (Å²) in [5.41, 5.74) is -1.61. The number of halogens is 1. The molecule has 8 nitrogen and oxygen atoms in total. The molecular formula is C13H13FN4O4. The number of methoxy groups -OCH3 is 1. The maximum atomic E-state index is 13.8. The van der Waals surface area contributed by atoms with Gasteiger partial charge in [0, 0.05) is 13.1 Å². The van der Waals surface area contributed by atoms with E-state index in [0.717, 1.165) is 4.57 Å². The van der Waals surface area contributed by atoms with E-state index in [0.29, 0.717) is 0 Å². The number of rotatable bonds is 3. The summed E-state index contributed by atoms with van der Waals surface area (Å²) in [5, 5.41) is 19.2. The molecule has 0 unspecified atom stereocenters. The summed E-state index contributed by atoms with van der Waals surface area (Å²) in [6, 6.07) is 2.83. The highest BCUT2D eigenvalue weighted by Gasteiger charge is 2.23. The van der Waals surface area contributed by atoms with Gasteiger partial charge in [-0.1, -0.05) is 0 Å². The summed E-state index contributed by atoms with van der Waals surface area (Å²) in [6.07, 6.45) is 0. The van der Waals surface area contributed by atoms with E-state index >= 15 is 0 Å². The molecule has 0 saturated heterocycles. The standard InChI is InChI=1S/C13H13FN4O4/c1-6-10(14)11(19)9(13(21)18(6)2)12(20)15-7-4-5-8(22-3)17-16-7/h4-5,19H,1-3H3,(H,15,16,20). The van der Waals surface area contributed by atoms with Gasteiger partial charge >= 0.3 is 0 Å². The van der Waals surface area contributed by atoms with Crippen LogP contribution in [0.4, 0.5) is 10.2 Å². The van der Waals surface area contributed by atoms with Crippen molar-refractivity contribution in [3.8, 4) is 11.6 Å². The summed E-state index contributed by atoms with van der Waals surface area (Å²) in [4.78, 5) is 24.1. The number of aromatic hydroxyl groups is 1. The molecule has 0 saturated carbocycles. The Morgan fingerprint density at radius 2 is 2.09 bits per heavy atom. The van der Waals surface area contributed by atoms with Crippen molar-refractivity contribution in [1.82, 2.24) is 14.8 Å². The van der Waals surface area contributed by atoms with Crippen LogP contribution < -0.4 is 15.6 Å². The second-order valence-corrected chi connectivity index (χ2v) is 4.40. The Hall–Kier alpha value is -2.97. The maximum absolute atomic E-state index is 13.8. The molecule has 0 radical (unpaired) electrons. The van der Waals surface area contributed by atoms with Gasteiger partial charge < -0.3 is 19.7 Å². The van der Waals surface area contributed by atoms with Crippen molar-refractivity contribution in [2.75, 3.05) is 12.4 Å². The number of nitrogens with zero attached hydrogens (tertiary/aromatic N) is 3. The fraction of sp³-hybridized carbons (Fsp3) is 0.231. The zero-order valence-corrected chi connectivity index (χ0v) is 12.0. The molecule has 22 heavy (non-hydrogen) atoms. The van der Waals surface area contributed by atoms with E-state index in [2.05, 4.69) is 15.5 Å². The van der Waals surface area contributed by atoms with Crippen molar-refractivity contribution in [3.05, 3.63) is 39.6 Å². The molecule has 0 aromatic carbocycles. The first kappa shape index (κ1) is 15.4. The zero-order chi connectivity index (χ0) is 16.4. The van der Waals surface area contributed by atoms with Crippen molar-refractivity contribution >= 4 is 11.7 Å². The monoisotopic (exact) mass is 308 g/mol. The van der Waals surface area contributed by atoms with Crippen LogP contribution in [0.3, 0.4) is 0 Å². The number of aromatic nitrogens is 3. The Balaban J connectivity index is 2.39. The van der Waals surface area contributed by atoms with E-state index in [-0.39, 0.29) is 17.4 Å². The number of nitrogens with one attached hydrogen (secondary N) is 1. The van der Waals surface area contributed by atoms with E-state index in [9.17, 15) is 19.1 Å². The predicted molar refractivity (Wildman–Crippen MR) is 74.6 cm³/mol. The van der Waals surface area contributed by atoms with Gasteiger partial charge in [-0.05, 0) is 13.0 Å². The second kappa shape index (κ2) is 5.80. The van der Waals surface area contributed by atoms with Crippen LogP contribution in [0, 0.1) is 12.7 Å². The lowest BCUT2D eigenvalue weighted by Gasteiger charge is -2.11. The van der Waals surface area contributed by atoms with Gasteiger partial charge in [0.05, 0.1) is 12.8 Å². The minimum Gasteiger partial charge on any atom is -0.504 e. The largest absolute Gasteiger partial charge is 0.504 e. The number of hydrogen-bond acceptors (Lipinski definition) is 6. The molecule has 2 aromatic rings. The third-order valence-corrected chi connectivity index (χ3v) is 3.10. The molecule has 2 aromatic heterocycles. The Morgan fingerprint density at radius 3 is 2.64 bits per heavy atom. The average Bonchev–Trinajstić information content (AvgIpc) is 2.52. The molecule has 1 amide bonds. The van der Waals surface area contributed by atoms with Crippen LogP contribution in [-0.4, -0.2) is 32.9 Å². The first-order valence-corrected chi connectivity index (χ1v) is 6.14. The van der Waals surface area contributed by atoms with Crippen molar-refractivity contribution in [3.63, 3.8) is 0 Å². The number of ether oxygens (including phenoxy) is 1. The molecule has 2 N–H and O–H groups in total. The van der Waals surface area contributed by atoms with Gasteiger partial charge in [-0.25, -0.2) is 4.39 Å². The van der Waals surface area contributed by atoms with Gasteiger partial charge in [-0.2, -0.15) is 0 Å². The predicted octanol–water partition coefficient (Wildman–Crippen LogP) is 0.589. The smallest absolute Gasteiger partial charge is 0.267 e. The highest BCUT2D eigenvalue weighted by Crippen LogP contribution is 2.21. The number of carbonyl (C=O) groups excluding carboxylic acids is 1. The van der Waals surface area contributed by atoms with Gasteiger partial charge in [0.15, 0.2) is 17.4 Å². The molecule has 0 bridgehead atoms. The third-order valence-electron chi connectivity index (χ3n) is 3.10. The summed E-state index contributed by atoms with van der Waals surface area (Å²) in [7, 11) is 2.70. The number of pyridine rings is 1. The Labute approximate surface area is 124 Å². The van der Waals surface area contributed by atoms with Crippen LogP contribution in [0.1, 0.15) is 16.1 Å². The van der Waals surface area contributed by atoms with Crippen molar-refractivity contribution < 1.29 is 19.0 Å². The molecule has 0 spiro atoms. The summed E-state index contributed by atoms with van der Waals surface area (Å²) in [6.45, 7) is 1.31. The number of anilines is 1. The first-order valence-electron chi connectivity index (χ1n) is 6.14. The summed E-state index contributed by atoms with van der Waals surface area (Å²) < 4.78 is 19.5. The SMILES string of the molecule is COc1ccc(NC(=O)c2c(O)c(F)c(C)n(C)c2=O)nn1. The zero-order valence-electron chi connectivity index (χ0n) is 12.0. The average molecular weight is 308 g/mol. The normalized spacial score (nSPS) is 10.4. The lowest BCUT2D eigenvalue weighted by molar-refractivity contribution is 0.102. The van der Waals surface area contributed by atoms with Crippen molar-refractivity contribution in [1.29, 1.82) is 0 Å². The first-order chi connectivity index (χ1) is 10.4. The Morgan fingerprint density at radius 1 is 1.41 bits per heavy atom. The van der Waals surface area contributed by atoms with Crippen LogP contribution >= 0.6 is 0 Å². The van der Waals surface area contributed by atoms with E-state index < -0.39 is 28.6 Å². The number of hydrogen-bond donors (Lipinski definition) is 2. The maximum Gasteiger partial charge on any atom is 0.267 e. The second-order valence-electron chi connectivity index (χ2n) is 4.40. The Kier molecular flexibility index (Phi) is 4.06. The molecule has 0 aliphatic carbocycles. The molecule has 0 aliphatic rings. The molecule has 9 heteroatoms. The Bertz CT molecular complexity index is 786. The van der Waals surface area contributed by atoms with Crippen molar-refractivity contribution in [2.24, 2.45) is 7.05 Å². The molecule has 2 rings (SSSR count). The molecule has 2 heterocycles. The third kappa shape index (κ3) is 2.60. The van der Waals surface area contributed by atoms with Gasteiger partial charge in [0.2, 0.25) is 5.88 Å². The van der Waals surface area contributed by atoms with E-state index in [4.69, 9.17) is 4.74 Å². The quantitative estimate of drug-likeness (QED) is 0.859. The van der Waals surface area contributed by atoms with E-state index in [1.54, 1.807) is 0 Å². The minimum atomic E-state index is -1.03. The summed E-state index contributed by atoms with van der Waals surface area (Å²) in [5.74, 6) is -2.77. The number of carbonyl (C=O) groups is 1. The van der Waals surface area contributed by atoms with Crippen LogP contribution in [0.5, 0.6) is 11.6 Å². The van der Waals surface area contributed by atoms with E-state index in [1.807, 2.05) is 0 Å². The fourth-order valence-electron chi connectivity index (χ4n) is 1.73. The van der Waals surface area contributed by atoms with Crippen LogP contribution in [-0.2, 0) is 7.05 Å². The van der Waals surface area contributed by atoms with Gasteiger partial charge in [0.25, 0.3) is 11.5 Å². The summed E-state index contributed by atoms with van der Waals surface area (Å²) >= 11 is 0. The molecule has 0 atom stereocenters. The minimum absolute atomic E-state index is 0.0215. The van der Waals surface area contributed by atoms with Gasteiger partial charge in [0.1, 0.15) is 5.56 Å². The van der Waals surface area contributed by atoms with Gasteiger partial charge in [-0.3, -0.25) is 9.59 Å². The molecule has 0 fully saturated rings. The molecular weight excluding hydrogens is 295 g/mol. The highest BCUT2D eigenvalue weighted by atomic mass is 19.1. The molecule has 116 valence electrons. The number of amides is 1. The van der Waals surface area contributed by atoms with E-state index in [1.165, 1.54) is 33.2 Å².